The van der Waals surface area contributed by atoms with Crippen molar-refractivity contribution < 1.29 is 9.90 Å². The van der Waals surface area contributed by atoms with Crippen LogP contribution in [0.5, 0.6) is 0 Å². The molecule has 3 N–H and O–H groups in total. The van der Waals surface area contributed by atoms with Crippen LogP contribution in [0.15, 0.2) is 42.5 Å². The van der Waals surface area contributed by atoms with Crippen LogP contribution in [0.2, 0.25) is 0 Å². The second kappa shape index (κ2) is 5.33. The van der Waals surface area contributed by atoms with Gasteiger partial charge in [0, 0.05) is 7.05 Å². The Kier molecular flexibility index (Phi) is 3.58. The van der Waals surface area contributed by atoms with Crippen LogP contribution in [0.25, 0.3) is 0 Å². The maximum Gasteiger partial charge on any atom is 0.335 e. The normalized spacial score (nSPS) is 9.80. The van der Waals surface area contributed by atoms with E-state index in [1.165, 1.54) is 12.1 Å². The lowest BCUT2D eigenvalue weighted by molar-refractivity contribution is 0.0697. The monoisotopic (exact) mass is 267 g/mol. The van der Waals surface area contributed by atoms with E-state index in [0.29, 0.717) is 22.6 Å². The van der Waals surface area contributed by atoms with Crippen LogP contribution in [0.4, 0.5) is 17.1 Å². The van der Waals surface area contributed by atoms with E-state index in [0.717, 1.165) is 0 Å². The predicted octanol–water partition coefficient (Wildman–Crippen LogP) is 2.61. The van der Waals surface area contributed by atoms with Crippen molar-refractivity contribution >= 4 is 23.0 Å². The van der Waals surface area contributed by atoms with Gasteiger partial charge in [0.1, 0.15) is 6.07 Å². The highest BCUT2D eigenvalue weighted by atomic mass is 16.4. The molecule has 0 saturated heterocycles. The first kappa shape index (κ1) is 13.4. The fraction of sp³-hybridized carbons (Fsp3) is 0.0667. The minimum atomic E-state index is -1.02. The molecule has 0 fully saturated rings. The van der Waals surface area contributed by atoms with Gasteiger partial charge in [0.25, 0.3) is 0 Å². The number of rotatable bonds is 3. The fourth-order valence-corrected chi connectivity index (χ4v) is 1.96. The number of para-hydroxylation sites is 1. The molecule has 0 saturated carbocycles. The van der Waals surface area contributed by atoms with Gasteiger partial charge in [-0.1, -0.05) is 12.1 Å². The third-order valence-electron chi connectivity index (χ3n) is 3.02. The van der Waals surface area contributed by atoms with Crippen molar-refractivity contribution in [1.29, 1.82) is 5.26 Å². The van der Waals surface area contributed by atoms with Gasteiger partial charge in [0.15, 0.2) is 0 Å². The number of nitrogen functional groups attached to an aromatic ring is 1. The number of carboxylic acids is 1. The molecule has 0 bridgehead atoms. The summed E-state index contributed by atoms with van der Waals surface area (Å²) in [5.74, 6) is -1.02. The minimum absolute atomic E-state index is 0.149. The van der Waals surface area contributed by atoms with Crippen LogP contribution < -0.4 is 10.6 Å². The molecule has 5 heteroatoms. The van der Waals surface area contributed by atoms with Crippen molar-refractivity contribution in [1.82, 2.24) is 0 Å². The van der Waals surface area contributed by atoms with E-state index in [1.54, 1.807) is 36.2 Å². The number of hydrogen-bond donors (Lipinski definition) is 2. The highest BCUT2D eigenvalue weighted by Gasteiger charge is 2.13. The summed E-state index contributed by atoms with van der Waals surface area (Å²) in [6, 6.07) is 13.7. The van der Waals surface area contributed by atoms with Crippen molar-refractivity contribution in [3.63, 3.8) is 0 Å². The summed E-state index contributed by atoms with van der Waals surface area (Å²) in [5.41, 5.74) is 8.21. The van der Waals surface area contributed by atoms with E-state index in [9.17, 15) is 4.79 Å². The van der Waals surface area contributed by atoms with E-state index in [2.05, 4.69) is 6.07 Å². The molecule has 20 heavy (non-hydrogen) atoms. The Morgan fingerprint density at radius 2 is 1.95 bits per heavy atom. The maximum atomic E-state index is 11.0. The molecular weight excluding hydrogens is 254 g/mol. The Morgan fingerprint density at radius 3 is 2.60 bits per heavy atom. The third kappa shape index (κ3) is 2.40. The molecule has 0 radical (unpaired) electrons. The number of nitrogens with zero attached hydrogens (tertiary/aromatic N) is 2. The van der Waals surface area contributed by atoms with Gasteiger partial charge in [0.05, 0.1) is 28.2 Å². The predicted molar refractivity (Wildman–Crippen MR) is 77.0 cm³/mol. The first-order valence-electron chi connectivity index (χ1n) is 5.90. The molecule has 0 unspecified atom stereocenters. The summed E-state index contributed by atoms with van der Waals surface area (Å²) < 4.78 is 0. The van der Waals surface area contributed by atoms with Crippen LogP contribution in [-0.2, 0) is 0 Å². The van der Waals surface area contributed by atoms with Gasteiger partial charge in [-0.3, -0.25) is 0 Å². The Hall–Kier alpha value is -3.00. The largest absolute Gasteiger partial charge is 0.478 e. The average Bonchev–Trinajstić information content (AvgIpc) is 2.46. The summed E-state index contributed by atoms with van der Waals surface area (Å²) in [6.45, 7) is 0. The summed E-state index contributed by atoms with van der Waals surface area (Å²) in [6.07, 6.45) is 0. The number of anilines is 3. The number of nitrogens with two attached hydrogens (primary N) is 1. The highest BCUT2D eigenvalue weighted by Crippen LogP contribution is 2.31. The van der Waals surface area contributed by atoms with Gasteiger partial charge in [-0.25, -0.2) is 4.79 Å². The molecule has 2 aromatic rings. The second-order valence-electron chi connectivity index (χ2n) is 4.27. The zero-order chi connectivity index (χ0) is 14.7. The van der Waals surface area contributed by atoms with Crippen molar-refractivity contribution in [2.24, 2.45) is 0 Å². The lowest BCUT2D eigenvalue weighted by Crippen LogP contribution is -2.14. The van der Waals surface area contributed by atoms with Crippen molar-refractivity contribution in [3.05, 3.63) is 53.6 Å². The zero-order valence-electron chi connectivity index (χ0n) is 10.9. The molecule has 2 aromatic carbocycles. The smallest absolute Gasteiger partial charge is 0.335 e. The molecule has 0 amide bonds. The standard InChI is InChI=1S/C15H13N3O2/c1-18(13-5-3-2-4-11(13)9-16)14-8-10(15(19)20)6-7-12(14)17/h2-8H,17H2,1H3,(H,19,20). The summed E-state index contributed by atoms with van der Waals surface area (Å²) >= 11 is 0. The number of aromatic carboxylic acids is 1. The molecule has 0 aliphatic carbocycles. The van der Waals surface area contributed by atoms with E-state index >= 15 is 0 Å². The van der Waals surface area contributed by atoms with Crippen LogP contribution in [0.1, 0.15) is 15.9 Å². The Morgan fingerprint density at radius 1 is 1.25 bits per heavy atom. The summed E-state index contributed by atoms with van der Waals surface area (Å²) in [7, 11) is 1.74. The van der Waals surface area contributed by atoms with Gasteiger partial charge >= 0.3 is 5.97 Å². The van der Waals surface area contributed by atoms with Gasteiger partial charge in [-0.2, -0.15) is 5.26 Å². The van der Waals surface area contributed by atoms with Gasteiger partial charge in [-0.05, 0) is 30.3 Å². The van der Waals surface area contributed by atoms with E-state index < -0.39 is 5.97 Å². The van der Waals surface area contributed by atoms with Crippen molar-refractivity contribution in [2.45, 2.75) is 0 Å². The third-order valence-corrected chi connectivity index (χ3v) is 3.02. The zero-order valence-corrected chi connectivity index (χ0v) is 10.9. The number of carboxylic acid groups (broad SMARTS) is 1. The molecule has 100 valence electrons. The number of hydrogen-bond acceptors (Lipinski definition) is 4. The quantitative estimate of drug-likeness (QED) is 0.834. The van der Waals surface area contributed by atoms with Crippen LogP contribution >= 0.6 is 0 Å². The molecular formula is C15H13N3O2. The number of benzene rings is 2. The lowest BCUT2D eigenvalue weighted by atomic mass is 10.1. The lowest BCUT2D eigenvalue weighted by Gasteiger charge is -2.22. The molecule has 0 atom stereocenters. The fourth-order valence-electron chi connectivity index (χ4n) is 1.96. The van der Waals surface area contributed by atoms with Gasteiger partial charge in [-0.15, -0.1) is 0 Å². The molecule has 0 spiro atoms. The number of nitriles is 1. The molecule has 5 nitrogen and oxygen atoms in total. The Labute approximate surface area is 116 Å². The molecule has 0 aromatic heterocycles. The van der Waals surface area contributed by atoms with E-state index in [1.807, 2.05) is 6.07 Å². The van der Waals surface area contributed by atoms with Crippen LogP contribution in [0.3, 0.4) is 0 Å². The second-order valence-corrected chi connectivity index (χ2v) is 4.27. The van der Waals surface area contributed by atoms with Crippen LogP contribution in [0, 0.1) is 11.3 Å². The molecule has 2 rings (SSSR count). The summed E-state index contributed by atoms with van der Waals surface area (Å²) in [5, 5.41) is 18.2. The summed E-state index contributed by atoms with van der Waals surface area (Å²) in [4.78, 5) is 12.7. The van der Waals surface area contributed by atoms with Crippen molar-refractivity contribution in [2.75, 3.05) is 17.7 Å². The SMILES string of the molecule is CN(c1cc(C(=O)O)ccc1N)c1ccccc1C#N. The topological polar surface area (TPSA) is 90.3 Å². The Bertz CT molecular complexity index is 705. The van der Waals surface area contributed by atoms with Crippen molar-refractivity contribution in [3.8, 4) is 6.07 Å². The van der Waals surface area contributed by atoms with Gasteiger partial charge in [0.2, 0.25) is 0 Å². The van der Waals surface area contributed by atoms with Gasteiger partial charge < -0.3 is 15.7 Å². The van der Waals surface area contributed by atoms with Crippen LogP contribution in [-0.4, -0.2) is 18.1 Å². The van der Waals surface area contributed by atoms with E-state index in [4.69, 9.17) is 16.1 Å². The Balaban J connectivity index is 2.53. The minimum Gasteiger partial charge on any atom is -0.478 e. The molecule has 0 heterocycles. The average molecular weight is 267 g/mol. The number of carbonyl (C=O) groups is 1. The molecule has 0 aliphatic rings. The first-order chi connectivity index (χ1) is 9.54. The maximum absolute atomic E-state index is 11.0. The first-order valence-corrected chi connectivity index (χ1v) is 5.90. The highest BCUT2D eigenvalue weighted by molar-refractivity contribution is 5.91. The molecule has 0 aliphatic heterocycles. The van der Waals surface area contributed by atoms with E-state index in [-0.39, 0.29) is 5.56 Å².